The van der Waals surface area contributed by atoms with Crippen molar-refractivity contribution in [3.05, 3.63) is 83.6 Å². The van der Waals surface area contributed by atoms with E-state index in [2.05, 4.69) is 10.3 Å². The number of aliphatic hydroxyl groups excluding tert-OH is 1. The number of nitrogens with one attached hydrogen (secondary N) is 1. The largest absolute Gasteiger partial charge is 0.443 e. The van der Waals surface area contributed by atoms with Crippen molar-refractivity contribution in [2.45, 2.75) is 20.1 Å². The predicted molar refractivity (Wildman–Crippen MR) is 130 cm³/mol. The third-order valence-corrected chi connectivity index (χ3v) is 5.93. The summed E-state index contributed by atoms with van der Waals surface area (Å²) in [5, 5.41) is 13.4. The molecule has 5 aromatic rings. The van der Waals surface area contributed by atoms with Crippen LogP contribution in [0.5, 0.6) is 0 Å². The summed E-state index contributed by atoms with van der Waals surface area (Å²) in [6.07, 6.45) is 1.40. The summed E-state index contributed by atoms with van der Waals surface area (Å²) >= 11 is 0. The molecule has 0 unspecified atom stereocenters. The van der Waals surface area contributed by atoms with Gasteiger partial charge in [0.05, 0.1) is 23.5 Å². The molecule has 0 aliphatic carbocycles. The van der Waals surface area contributed by atoms with Crippen molar-refractivity contribution in [1.82, 2.24) is 14.5 Å². The number of nitrogens with zero attached hydrogens (tertiary/aromatic N) is 3. The number of aryl methyl sites for hydroxylation is 2. The quantitative estimate of drug-likeness (QED) is 0.330. The number of aromatic nitrogens is 3. The van der Waals surface area contributed by atoms with Gasteiger partial charge >= 0.3 is 0 Å². The number of imidazole rings is 1. The van der Waals surface area contributed by atoms with E-state index in [0.717, 1.165) is 50.6 Å². The van der Waals surface area contributed by atoms with Crippen molar-refractivity contribution in [1.29, 1.82) is 0 Å². The van der Waals surface area contributed by atoms with Gasteiger partial charge < -0.3 is 25.1 Å². The van der Waals surface area contributed by atoms with E-state index in [1.165, 1.54) is 18.5 Å². The minimum Gasteiger partial charge on any atom is -0.443 e. The number of rotatable bonds is 6. The van der Waals surface area contributed by atoms with Crippen LogP contribution in [0.3, 0.4) is 0 Å². The second-order valence-electron chi connectivity index (χ2n) is 8.14. The van der Waals surface area contributed by atoms with Crippen molar-refractivity contribution in [2.24, 2.45) is 12.8 Å². The number of halogens is 1. The lowest BCUT2D eigenvalue weighted by molar-refractivity contribution is 0.282. The number of hydrogen-bond donors (Lipinski definition) is 3. The van der Waals surface area contributed by atoms with E-state index in [9.17, 15) is 9.50 Å². The molecular weight excluding hydrogens is 433 g/mol. The first-order valence-electron chi connectivity index (χ1n) is 10.8. The van der Waals surface area contributed by atoms with Crippen LogP contribution < -0.4 is 11.1 Å². The van der Waals surface area contributed by atoms with E-state index >= 15 is 0 Å². The third-order valence-electron chi connectivity index (χ3n) is 5.93. The Morgan fingerprint density at radius 2 is 1.91 bits per heavy atom. The Labute approximate surface area is 195 Å². The van der Waals surface area contributed by atoms with Gasteiger partial charge in [-0.15, -0.1) is 0 Å². The van der Waals surface area contributed by atoms with Gasteiger partial charge in [-0.1, -0.05) is 0 Å². The van der Waals surface area contributed by atoms with E-state index in [1.807, 2.05) is 48.9 Å². The fraction of sp³-hybridized carbons (Fsp3) is 0.154. The summed E-state index contributed by atoms with van der Waals surface area (Å²) in [5.74, 6) is 1.06. The number of aliphatic hydroxyl groups is 1. The van der Waals surface area contributed by atoms with Crippen molar-refractivity contribution >= 4 is 22.4 Å². The molecule has 172 valence electrons. The van der Waals surface area contributed by atoms with E-state index in [0.29, 0.717) is 17.9 Å². The van der Waals surface area contributed by atoms with Gasteiger partial charge in [-0.05, 0) is 72.6 Å². The summed E-state index contributed by atoms with van der Waals surface area (Å²) in [6, 6.07) is 15.9. The molecule has 0 bridgehead atoms. The first-order valence-corrected chi connectivity index (χ1v) is 10.8. The second-order valence-corrected chi connectivity index (χ2v) is 8.14. The maximum absolute atomic E-state index is 13.4. The molecule has 0 fully saturated rings. The Bertz CT molecular complexity index is 1490. The highest BCUT2D eigenvalue weighted by molar-refractivity contribution is 5.94. The minimum atomic E-state index is -0.293. The molecule has 8 heteroatoms. The number of fused-ring (bicyclic) bond motifs is 1. The zero-order valence-electron chi connectivity index (χ0n) is 18.8. The average molecular weight is 458 g/mol. The highest BCUT2D eigenvalue weighted by Crippen LogP contribution is 2.34. The molecule has 0 amide bonds. The normalized spacial score (nSPS) is 11.3. The number of benzene rings is 3. The van der Waals surface area contributed by atoms with Crippen LogP contribution in [0.25, 0.3) is 33.7 Å². The Morgan fingerprint density at radius 3 is 2.59 bits per heavy atom. The molecule has 0 atom stereocenters. The molecule has 7 nitrogen and oxygen atoms in total. The lowest BCUT2D eigenvalue weighted by atomic mass is 10.0. The molecule has 5 rings (SSSR count). The van der Waals surface area contributed by atoms with Crippen molar-refractivity contribution in [2.75, 3.05) is 5.32 Å². The summed E-state index contributed by atoms with van der Waals surface area (Å²) in [5.41, 5.74) is 13.2. The highest BCUT2D eigenvalue weighted by Gasteiger charge is 2.16. The lowest BCUT2D eigenvalue weighted by Gasteiger charge is -2.13. The molecule has 3 aromatic carbocycles. The number of anilines is 2. The van der Waals surface area contributed by atoms with Crippen molar-refractivity contribution in [3.63, 3.8) is 0 Å². The third kappa shape index (κ3) is 3.83. The minimum absolute atomic E-state index is 0.151. The molecule has 2 aromatic heterocycles. The SMILES string of the molecule is Cc1ncoc1-c1ccc(Nc2cc(CN)cc3c2nc(-c2ccc(F)cc2)n3C)cc1CO. The van der Waals surface area contributed by atoms with Gasteiger partial charge in [-0.2, -0.15) is 0 Å². The number of oxazole rings is 1. The van der Waals surface area contributed by atoms with Gasteiger partial charge in [-0.3, -0.25) is 0 Å². The summed E-state index contributed by atoms with van der Waals surface area (Å²) in [6.45, 7) is 2.08. The Morgan fingerprint density at radius 1 is 1.12 bits per heavy atom. The van der Waals surface area contributed by atoms with Crippen molar-refractivity contribution in [3.8, 4) is 22.7 Å². The molecule has 0 spiro atoms. The fourth-order valence-electron chi connectivity index (χ4n) is 4.16. The Hall–Kier alpha value is -4.01. The first-order chi connectivity index (χ1) is 16.5. The summed E-state index contributed by atoms with van der Waals surface area (Å²) < 4.78 is 20.9. The monoisotopic (exact) mass is 457 g/mol. The topological polar surface area (TPSA) is 102 Å². The van der Waals surface area contributed by atoms with Crippen LogP contribution in [-0.2, 0) is 20.2 Å². The van der Waals surface area contributed by atoms with Crippen LogP contribution in [-0.4, -0.2) is 19.6 Å². The van der Waals surface area contributed by atoms with Gasteiger partial charge in [0.2, 0.25) is 0 Å². The van der Waals surface area contributed by atoms with Crippen LogP contribution in [0, 0.1) is 12.7 Å². The number of nitrogens with two attached hydrogens (primary N) is 1. The molecule has 2 heterocycles. The van der Waals surface area contributed by atoms with E-state index in [4.69, 9.17) is 15.1 Å². The van der Waals surface area contributed by atoms with E-state index in [-0.39, 0.29) is 12.4 Å². The zero-order chi connectivity index (χ0) is 23.8. The molecule has 34 heavy (non-hydrogen) atoms. The van der Waals surface area contributed by atoms with Crippen LogP contribution in [0.4, 0.5) is 15.8 Å². The van der Waals surface area contributed by atoms with Gasteiger partial charge in [0, 0.05) is 30.4 Å². The standard InChI is InChI=1S/C26H24FN5O2/c1-15-25(34-14-29-15)21-8-7-20(11-18(21)13-33)30-22-9-16(12-28)10-23-24(22)31-26(32(23)2)17-3-5-19(27)6-4-17/h3-11,14,30,33H,12-13,28H2,1-2H3. The summed E-state index contributed by atoms with van der Waals surface area (Å²) in [4.78, 5) is 9.01. The molecule has 0 saturated carbocycles. The molecule has 4 N–H and O–H groups in total. The molecule has 0 aliphatic rings. The van der Waals surface area contributed by atoms with Gasteiger partial charge in [-0.25, -0.2) is 14.4 Å². The van der Waals surface area contributed by atoms with E-state index in [1.54, 1.807) is 12.1 Å². The fourth-order valence-corrected chi connectivity index (χ4v) is 4.16. The van der Waals surface area contributed by atoms with Crippen molar-refractivity contribution < 1.29 is 13.9 Å². The maximum atomic E-state index is 13.4. The highest BCUT2D eigenvalue weighted by atomic mass is 19.1. The Balaban J connectivity index is 1.59. The van der Waals surface area contributed by atoms with Gasteiger partial charge in [0.15, 0.2) is 12.2 Å². The first kappa shape index (κ1) is 21.8. The second kappa shape index (κ2) is 8.74. The lowest BCUT2D eigenvalue weighted by Crippen LogP contribution is -2.00. The van der Waals surface area contributed by atoms with Crippen LogP contribution in [0.15, 0.2) is 65.4 Å². The molecule has 0 saturated heterocycles. The van der Waals surface area contributed by atoms with E-state index < -0.39 is 0 Å². The molecular formula is C26H24FN5O2. The van der Waals surface area contributed by atoms with Crippen LogP contribution in [0.2, 0.25) is 0 Å². The smallest absolute Gasteiger partial charge is 0.181 e. The Kier molecular flexibility index (Phi) is 5.61. The van der Waals surface area contributed by atoms with Crippen LogP contribution >= 0.6 is 0 Å². The molecule has 0 aliphatic heterocycles. The predicted octanol–water partition coefficient (Wildman–Crippen LogP) is 5.04. The van der Waals surface area contributed by atoms with Gasteiger partial charge in [0.1, 0.15) is 17.2 Å². The maximum Gasteiger partial charge on any atom is 0.181 e. The van der Waals surface area contributed by atoms with Crippen LogP contribution in [0.1, 0.15) is 16.8 Å². The zero-order valence-corrected chi connectivity index (χ0v) is 18.8. The average Bonchev–Trinajstić information content (AvgIpc) is 3.42. The van der Waals surface area contributed by atoms with Gasteiger partial charge in [0.25, 0.3) is 0 Å². The summed E-state index contributed by atoms with van der Waals surface area (Å²) in [7, 11) is 1.93. The molecule has 0 radical (unpaired) electrons. The number of hydrogen-bond acceptors (Lipinski definition) is 6.